The monoisotopic (exact) mass is 323 g/mol. The summed E-state index contributed by atoms with van der Waals surface area (Å²) in [6.07, 6.45) is 3.86. The molecule has 2 amide bonds. The molecule has 23 heavy (non-hydrogen) atoms. The first-order valence-corrected chi connectivity index (χ1v) is 9.18. The zero-order valence-electron chi connectivity index (χ0n) is 15.3. The second-order valence-corrected chi connectivity index (χ2v) is 7.72. The molecule has 0 aliphatic carbocycles. The van der Waals surface area contributed by atoms with Crippen LogP contribution in [0.1, 0.15) is 60.3 Å². The highest BCUT2D eigenvalue weighted by molar-refractivity contribution is 5.90. The van der Waals surface area contributed by atoms with Crippen LogP contribution in [0.25, 0.3) is 0 Å². The summed E-state index contributed by atoms with van der Waals surface area (Å²) in [6, 6.07) is 0.408. The van der Waals surface area contributed by atoms with Crippen LogP contribution >= 0.6 is 0 Å². The van der Waals surface area contributed by atoms with Gasteiger partial charge in [0, 0.05) is 25.2 Å². The third-order valence-electron chi connectivity index (χ3n) is 5.36. The van der Waals surface area contributed by atoms with Gasteiger partial charge in [0.1, 0.15) is 6.04 Å². The van der Waals surface area contributed by atoms with E-state index in [4.69, 9.17) is 0 Å². The maximum absolute atomic E-state index is 13.2. The molecular weight excluding hydrogens is 290 g/mol. The van der Waals surface area contributed by atoms with Crippen LogP contribution in [0.2, 0.25) is 0 Å². The number of hydrogen-bond acceptors (Lipinski definition) is 3. The molecule has 2 aliphatic heterocycles. The largest absolute Gasteiger partial charge is 0.354 e. The molecule has 4 unspecified atom stereocenters. The minimum absolute atomic E-state index is 0.0132. The van der Waals surface area contributed by atoms with Crippen LogP contribution in [-0.4, -0.2) is 58.9 Å². The molecule has 1 N–H and O–H groups in total. The van der Waals surface area contributed by atoms with Crippen molar-refractivity contribution in [3.63, 3.8) is 0 Å². The molecular formula is C18H33N3O2. The zero-order chi connectivity index (χ0) is 17.1. The zero-order valence-corrected chi connectivity index (χ0v) is 15.3. The van der Waals surface area contributed by atoms with Crippen molar-refractivity contribution in [1.29, 1.82) is 0 Å². The Morgan fingerprint density at radius 1 is 1.22 bits per heavy atom. The quantitative estimate of drug-likeness (QED) is 0.861. The van der Waals surface area contributed by atoms with Crippen molar-refractivity contribution in [2.24, 2.45) is 5.92 Å². The molecule has 0 spiro atoms. The minimum atomic E-state index is -0.319. The van der Waals surface area contributed by atoms with Gasteiger partial charge in [0.25, 0.3) is 0 Å². The van der Waals surface area contributed by atoms with Gasteiger partial charge in [-0.3, -0.25) is 14.5 Å². The average molecular weight is 323 g/mol. The van der Waals surface area contributed by atoms with Gasteiger partial charge in [-0.15, -0.1) is 0 Å². The summed E-state index contributed by atoms with van der Waals surface area (Å²) in [7, 11) is 0. The molecule has 0 bridgehead atoms. The lowest BCUT2D eigenvalue weighted by Crippen LogP contribution is -2.55. The van der Waals surface area contributed by atoms with Crippen LogP contribution in [0.15, 0.2) is 0 Å². The fourth-order valence-electron chi connectivity index (χ4n) is 4.17. The van der Waals surface area contributed by atoms with Crippen molar-refractivity contribution in [3.8, 4) is 0 Å². The summed E-state index contributed by atoms with van der Waals surface area (Å²) >= 11 is 0. The van der Waals surface area contributed by atoms with Gasteiger partial charge in [-0.05, 0) is 52.4 Å². The highest BCUT2D eigenvalue weighted by Crippen LogP contribution is 2.27. The number of carbonyl (C=O) groups is 2. The SMILES string of the molecule is CC(C)CC1C(=O)NCCCN1C(=O)C(C)N1C(C)CCC1C. The summed E-state index contributed by atoms with van der Waals surface area (Å²) in [5, 5.41) is 2.96. The van der Waals surface area contributed by atoms with E-state index >= 15 is 0 Å². The van der Waals surface area contributed by atoms with Gasteiger partial charge in [-0.1, -0.05) is 13.8 Å². The predicted octanol–water partition coefficient (Wildman–Crippen LogP) is 2.01. The molecule has 2 rings (SSSR count). The van der Waals surface area contributed by atoms with Crippen LogP contribution in [-0.2, 0) is 9.59 Å². The van der Waals surface area contributed by atoms with Crippen molar-refractivity contribution < 1.29 is 9.59 Å². The fraction of sp³-hybridized carbons (Fsp3) is 0.889. The number of amides is 2. The van der Waals surface area contributed by atoms with Gasteiger partial charge in [0.2, 0.25) is 11.8 Å². The molecule has 4 atom stereocenters. The Bertz CT molecular complexity index is 428. The summed E-state index contributed by atoms with van der Waals surface area (Å²) < 4.78 is 0. The maximum Gasteiger partial charge on any atom is 0.242 e. The first-order valence-electron chi connectivity index (χ1n) is 9.18. The molecule has 0 radical (unpaired) electrons. The topological polar surface area (TPSA) is 52.7 Å². The summed E-state index contributed by atoms with van der Waals surface area (Å²) in [5.41, 5.74) is 0. The Kier molecular flexibility index (Phi) is 6.06. The second kappa shape index (κ2) is 7.65. The molecule has 2 saturated heterocycles. The first-order chi connectivity index (χ1) is 10.8. The number of carbonyl (C=O) groups excluding carboxylic acids is 2. The number of likely N-dealkylation sites (tertiary alicyclic amines) is 1. The molecule has 0 saturated carbocycles. The van der Waals surface area contributed by atoms with Gasteiger partial charge < -0.3 is 10.2 Å². The van der Waals surface area contributed by atoms with Crippen molar-refractivity contribution in [3.05, 3.63) is 0 Å². The van der Waals surface area contributed by atoms with E-state index in [-0.39, 0.29) is 23.9 Å². The summed E-state index contributed by atoms with van der Waals surface area (Å²) in [5.74, 6) is 0.520. The van der Waals surface area contributed by atoms with Gasteiger partial charge >= 0.3 is 0 Å². The molecule has 0 aromatic carbocycles. The summed E-state index contributed by atoms with van der Waals surface area (Å²) in [6.45, 7) is 12.0. The molecule has 2 heterocycles. The van der Waals surface area contributed by atoms with Crippen LogP contribution in [0, 0.1) is 5.92 Å². The lowest BCUT2D eigenvalue weighted by molar-refractivity contribution is -0.144. The Morgan fingerprint density at radius 2 is 1.83 bits per heavy atom. The molecule has 0 aromatic rings. The van der Waals surface area contributed by atoms with Crippen LogP contribution < -0.4 is 5.32 Å². The van der Waals surface area contributed by atoms with E-state index in [1.54, 1.807) is 0 Å². The Hall–Kier alpha value is -1.10. The van der Waals surface area contributed by atoms with E-state index in [9.17, 15) is 9.59 Å². The molecule has 0 aromatic heterocycles. The van der Waals surface area contributed by atoms with Crippen LogP contribution in [0.5, 0.6) is 0 Å². The second-order valence-electron chi connectivity index (χ2n) is 7.72. The molecule has 132 valence electrons. The Morgan fingerprint density at radius 3 is 2.39 bits per heavy atom. The number of nitrogens with zero attached hydrogens (tertiary/aromatic N) is 2. The van der Waals surface area contributed by atoms with Crippen molar-refractivity contribution in [1.82, 2.24) is 15.1 Å². The average Bonchev–Trinajstić information content (AvgIpc) is 2.71. The van der Waals surface area contributed by atoms with E-state index < -0.39 is 0 Å². The van der Waals surface area contributed by atoms with Gasteiger partial charge in [0.15, 0.2) is 0 Å². The molecule has 5 heteroatoms. The van der Waals surface area contributed by atoms with E-state index in [1.807, 2.05) is 11.8 Å². The van der Waals surface area contributed by atoms with Crippen molar-refractivity contribution in [2.75, 3.05) is 13.1 Å². The lowest BCUT2D eigenvalue weighted by atomic mass is 10.0. The van der Waals surface area contributed by atoms with E-state index in [0.29, 0.717) is 31.1 Å². The first kappa shape index (κ1) is 18.2. The normalized spacial score (nSPS) is 31.1. The molecule has 5 nitrogen and oxygen atoms in total. The number of hydrogen-bond donors (Lipinski definition) is 1. The predicted molar refractivity (Wildman–Crippen MR) is 92.0 cm³/mol. The Balaban J connectivity index is 2.17. The van der Waals surface area contributed by atoms with Gasteiger partial charge in [0.05, 0.1) is 6.04 Å². The smallest absolute Gasteiger partial charge is 0.242 e. The highest BCUT2D eigenvalue weighted by atomic mass is 16.2. The number of nitrogens with one attached hydrogen (secondary N) is 1. The third kappa shape index (κ3) is 4.06. The fourth-order valence-corrected chi connectivity index (χ4v) is 4.17. The molecule has 2 fully saturated rings. The number of rotatable bonds is 4. The van der Waals surface area contributed by atoms with Crippen LogP contribution in [0.3, 0.4) is 0 Å². The van der Waals surface area contributed by atoms with Crippen molar-refractivity contribution in [2.45, 2.75) is 84.5 Å². The molecule has 2 aliphatic rings. The minimum Gasteiger partial charge on any atom is -0.354 e. The van der Waals surface area contributed by atoms with Gasteiger partial charge in [-0.2, -0.15) is 0 Å². The lowest BCUT2D eigenvalue weighted by Gasteiger charge is -2.37. The van der Waals surface area contributed by atoms with E-state index in [1.165, 1.54) is 0 Å². The van der Waals surface area contributed by atoms with Crippen molar-refractivity contribution >= 4 is 11.8 Å². The van der Waals surface area contributed by atoms with Gasteiger partial charge in [-0.25, -0.2) is 0 Å². The van der Waals surface area contributed by atoms with E-state index in [0.717, 1.165) is 25.7 Å². The standard InChI is InChI=1S/C18H33N3O2/c1-12(2)11-16-17(22)19-9-6-10-20(16)18(23)15(5)21-13(3)7-8-14(21)4/h12-16H,6-11H2,1-5H3,(H,19,22). The van der Waals surface area contributed by atoms with Crippen LogP contribution in [0.4, 0.5) is 0 Å². The Labute approximate surface area is 140 Å². The highest BCUT2D eigenvalue weighted by Gasteiger charge is 2.39. The third-order valence-corrected chi connectivity index (χ3v) is 5.36. The summed E-state index contributed by atoms with van der Waals surface area (Å²) in [4.78, 5) is 29.8. The van der Waals surface area contributed by atoms with E-state index in [2.05, 4.69) is 37.9 Å². The maximum atomic E-state index is 13.2.